The van der Waals surface area contributed by atoms with Crippen LogP contribution in [0.4, 0.5) is 0 Å². The van der Waals surface area contributed by atoms with E-state index in [-0.39, 0.29) is 18.0 Å². The van der Waals surface area contributed by atoms with Gasteiger partial charge in [-0.25, -0.2) is 9.36 Å². The lowest BCUT2D eigenvalue weighted by Crippen LogP contribution is -2.43. The van der Waals surface area contributed by atoms with Gasteiger partial charge in [-0.2, -0.15) is 0 Å². The van der Waals surface area contributed by atoms with Crippen LogP contribution in [0.2, 0.25) is 5.02 Å². The summed E-state index contributed by atoms with van der Waals surface area (Å²) < 4.78 is 2.72. The number of hydrogen-bond acceptors (Lipinski definition) is 4. The molecule has 0 N–H and O–H groups in total. The second-order valence-corrected chi connectivity index (χ2v) is 10.1. The van der Waals surface area contributed by atoms with Gasteiger partial charge < -0.3 is 4.90 Å². The van der Waals surface area contributed by atoms with Gasteiger partial charge in [-0.15, -0.1) is 11.3 Å². The molecule has 1 amide bonds. The van der Waals surface area contributed by atoms with Crippen molar-refractivity contribution < 1.29 is 4.79 Å². The van der Waals surface area contributed by atoms with E-state index >= 15 is 0 Å². The van der Waals surface area contributed by atoms with Crippen molar-refractivity contribution in [3.05, 3.63) is 60.6 Å². The third-order valence-corrected chi connectivity index (χ3v) is 7.77. The molecular weight excluding hydrogens is 458 g/mol. The Morgan fingerprint density at radius 2 is 1.70 bits per heavy atom. The second-order valence-electron chi connectivity index (χ2n) is 8.61. The van der Waals surface area contributed by atoms with E-state index in [0.717, 1.165) is 50.5 Å². The summed E-state index contributed by atoms with van der Waals surface area (Å²) >= 11 is 7.56. The SMILES string of the molecule is CCCN(CCC)C(=O)Cn1c(=O)n(-c2ccc(Cl)cc2)c(=O)c2c3c(sc21)CCCCC3. The predicted octanol–water partition coefficient (Wildman–Crippen LogP) is 4.78. The molecule has 0 aliphatic heterocycles. The molecule has 0 saturated heterocycles. The summed E-state index contributed by atoms with van der Waals surface area (Å²) in [5.74, 6) is -0.0907. The van der Waals surface area contributed by atoms with Gasteiger partial charge in [0.25, 0.3) is 5.56 Å². The highest BCUT2D eigenvalue weighted by Crippen LogP contribution is 2.33. The van der Waals surface area contributed by atoms with Gasteiger partial charge in [0.15, 0.2) is 0 Å². The highest BCUT2D eigenvalue weighted by atomic mass is 35.5. The number of amides is 1. The zero-order valence-corrected chi connectivity index (χ0v) is 20.8. The standard InChI is InChI=1S/C25H30ClN3O3S/c1-3-14-27(15-4-2)21(30)16-28-24-22(19-8-6-5-7-9-20(19)33-24)23(31)29(25(28)32)18-12-10-17(26)11-13-18/h10-13H,3-9,14-16H2,1-2H3. The first-order valence-corrected chi connectivity index (χ1v) is 13.0. The summed E-state index contributed by atoms with van der Waals surface area (Å²) in [5, 5.41) is 1.12. The summed E-state index contributed by atoms with van der Waals surface area (Å²) in [5.41, 5.74) is 0.734. The van der Waals surface area contributed by atoms with Gasteiger partial charge in [-0.3, -0.25) is 14.2 Å². The molecule has 33 heavy (non-hydrogen) atoms. The van der Waals surface area contributed by atoms with E-state index in [0.29, 0.717) is 34.0 Å². The molecule has 0 spiro atoms. The summed E-state index contributed by atoms with van der Waals surface area (Å²) in [6.45, 7) is 5.32. The first kappa shape index (κ1) is 23.8. The van der Waals surface area contributed by atoms with E-state index in [1.54, 1.807) is 24.3 Å². The summed E-state index contributed by atoms with van der Waals surface area (Å²) in [6.07, 6.45) is 6.69. The third-order valence-electron chi connectivity index (χ3n) is 6.20. The Bertz CT molecular complexity index is 1270. The van der Waals surface area contributed by atoms with Crippen LogP contribution in [0.15, 0.2) is 33.9 Å². The number of nitrogens with zero attached hydrogens (tertiary/aromatic N) is 3. The van der Waals surface area contributed by atoms with Crippen LogP contribution >= 0.6 is 22.9 Å². The van der Waals surface area contributed by atoms with Crippen LogP contribution in [0.1, 0.15) is 56.4 Å². The van der Waals surface area contributed by atoms with Gasteiger partial charge in [0.05, 0.1) is 11.1 Å². The smallest absolute Gasteiger partial charge is 0.337 e. The number of benzene rings is 1. The predicted molar refractivity (Wildman–Crippen MR) is 135 cm³/mol. The maximum Gasteiger partial charge on any atom is 0.337 e. The molecule has 8 heteroatoms. The maximum absolute atomic E-state index is 13.7. The Morgan fingerprint density at radius 3 is 2.36 bits per heavy atom. The lowest BCUT2D eigenvalue weighted by Gasteiger charge is -2.22. The van der Waals surface area contributed by atoms with E-state index in [9.17, 15) is 14.4 Å². The van der Waals surface area contributed by atoms with Crippen molar-refractivity contribution in [1.29, 1.82) is 0 Å². The maximum atomic E-state index is 13.7. The number of carbonyl (C=O) groups excluding carboxylic acids is 1. The third kappa shape index (κ3) is 4.66. The fourth-order valence-electron chi connectivity index (χ4n) is 4.64. The largest absolute Gasteiger partial charge is 0.341 e. The number of rotatable bonds is 7. The fourth-order valence-corrected chi connectivity index (χ4v) is 6.14. The van der Waals surface area contributed by atoms with Gasteiger partial charge >= 0.3 is 5.69 Å². The molecule has 1 aromatic carbocycles. The monoisotopic (exact) mass is 487 g/mol. The Hall–Kier alpha value is -2.38. The van der Waals surface area contributed by atoms with Crippen LogP contribution in [-0.2, 0) is 24.2 Å². The van der Waals surface area contributed by atoms with Crippen molar-refractivity contribution in [3.8, 4) is 5.69 Å². The molecule has 1 aliphatic rings. The minimum absolute atomic E-state index is 0.0669. The Labute approximate surface area is 202 Å². The minimum atomic E-state index is -0.479. The molecule has 6 nitrogen and oxygen atoms in total. The van der Waals surface area contributed by atoms with Gasteiger partial charge in [0, 0.05) is 23.0 Å². The van der Waals surface area contributed by atoms with Gasteiger partial charge in [-0.1, -0.05) is 31.9 Å². The van der Waals surface area contributed by atoms with Crippen LogP contribution in [0.3, 0.4) is 0 Å². The molecule has 1 aliphatic carbocycles. The van der Waals surface area contributed by atoms with E-state index < -0.39 is 5.69 Å². The molecule has 4 rings (SSSR count). The number of halogens is 1. The summed E-state index contributed by atoms with van der Waals surface area (Å²) in [6, 6.07) is 6.69. The molecule has 0 unspecified atom stereocenters. The average Bonchev–Trinajstić information content (AvgIpc) is 3.00. The van der Waals surface area contributed by atoms with Crippen molar-refractivity contribution in [2.24, 2.45) is 0 Å². The highest BCUT2D eigenvalue weighted by Gasteiger charge is 2.25. The van der Waals surface area contributed by atoms with E-state index in [2.05, 4.69) is 0 Å². The van der Waals surface area contributed by atoms with Crippen LogP contribution in [0.5, 0.6) is 0 Å². The Kier molecular flexibility index (Phi) is 7.39. The highest BCUT2D eigenvalue weighted by molar-refractivity contribution is 7.18. The Morgan fingerprint density at radius 1 is 1.03 bits per heavy atom. The molecule has 0 saturated carbocycles. The number of aromatic nitrogens is 2. The normalized spacial score (nSPS) is 13.7. The molecule has 2 aromatic heterocycles. The summed E-state index contributed by atoms with van der Waals surface area (Å²) in [4.78, 5) is 44.2. The zero-order chi connectivity index (χ0) is 23.5. The topological polar surface area (TPSA) is 64.3 Å². The molecule has 3 aromatic rings. The van der Waals surface area contributed by atoms with Gasteiger partial charge in [0.1, 0.15) is 11.4 Å². The number of thiophene rings is 1. The number of aryl methyl sites for hydroxylation is 2. The molecule has 0 bridgehead atoms. The lowest BCUT2D eigenvalue weighted by atomic mass is 10.1. The van der Waals surface area contributed by atoms with Crippen molar-refractivity contribution in [2.75, 3.05) is 13.1 Å². The van der Waals surface area contributed by atoms with Crippen LogP contribution in [-0.4, -0.2) is 33.0 Å². The molecule has 0 atom stereocenters. The number of hydrogen-bond donors (Lipinski definition) is 0. The molecule has 176 valence electrons. The van der Waals surface area contributed by atoms with Crippen molar-refractivity contribution >= 4 is 39.1 Å². The Balaban J connectivity index is 1.94. The van der Waals surface area contributed by atoms with Crippen LogP contribution < -0.4 is 11.2 Å². The van der Waals surface area contributed by atoms with Crippen molar-refractivity contribution in [1.82, 2.24) is 14.0 Å². The van der Waals surface area contributed by atoms with Gasteiger partial charge in [-0.05, 0) is 68.4 Å². The first-order valence-electron chi connectivity index (χ1n) is 11.8. The quantitative estimate of drug-likeness (QED) is 0.450. The first-order chi connectivity index (χ1) is 16.0. The molecule has 2 heterocycles. The average molecular weight is 488 g/mol. The molecular formula is C25H30ClN3O3S. The molecule has 0 fully saturated rings. The van der Waals surface area contributed by atoms with Gasteiger partial charge in [0.2, 0.25) is 5.91 Å². The van der Waals surface area contributed by atoms with E-state index in [4.69, 9.17) is 11.6 Å². The fraction of sp³-hybridized carbons (Fsp3) is 0.480. The van der Waals surface area contributed by atoms with Crippen molar-refractivity contribution in [2.45, 2.75) is 65.3 Å². The van der Waals surface area contributed by atoms with Crippen LogP contribution in [0, 0.1) is 0 Å². The van der Waals surface area contributed by atoms with Crippen LogP contribution in [0.25, 0.3) is 15.9 Å². The number of fused-ring (bicyclic) bond motifs is 3. The summed E-state index contributed by atoms with van der Waals surface area (Å²) in [7, 11) is 0. The lowest BCUT2D eigenvalue weighted by molar-refractivity contribution is -0.131. The minimum Gasteiger partial charge on any atom is -0.341 e. The van der Waals surface area contributed by atoms with E-state index in [1.165, 1.54) is 25.3 Å². The molecule has 0 radical (unpaired) electrons. The number of carbonyl (C=O) groups is 1. The second kappa shape index (κ2) is 10.3. The zero-order valence-electron chi connectivity index (χ0n) is 19.2. The van der Waals surface area contributed by atoms with Crippen molar-refractivity contribution in [3.63, 3.8) is 0 Å². The van der Waals surface area contributed by atoms with E-state index in [1.807, 2.05) is 18.7 Å².